The van der Waals surface area contributed by atoms with Crippen LogP contribution in [0.4, 0.5) is 0 Å². The molecule has 1 atom stereocenters. The minimum atomic E-state index is -0.761. The van der Waals surface area contributed by atoms with Crippen LogP contribution in [0.25, 0.3) is 0 Å². The summed E-state index contributed by atoms with van der Waals surface area (Å²) >= 11 is 0. The fraction of sp³-hybridized carbons (Fsp3) is 0.929. The van der Waals surface area contributed by atoms with Gasteiger partial charge in [0.15, 0.2) is 5.78 Å². The highest BCUT2D eigenvalue weighted by molar-refractivity contribution is 5.92. The minimum absolute atomic E-state index is 0.0547. The van der Waals surface area contributed by atoms with Crippen molar-refractivity contribution in [3.8, 4) is 0 Å². The van der Waals surface area contributed by atoms with Crippen molar-refractivity contribution in [2.24, 2.45) is 16.6 Å². The predicted molar refractivity (Wildman–Crippen MR) is 74.0 cm³/mol. The molecule has 102 valence electrons. The number of nitrogens with two attached hydrogens (primary N) is 1. The number of carbonyl (C=O) groups excluding carboxylic acids is 1. The van der Waals surface area contributed by atoms with E-state index >= 15 is 0 Å². The first-order chi connectivity index (χ1) is 7.34. The molecule has 0 spiro atoms. The fourth-order valence-corrected chi connectivity index (χ4v) is 2.64. The van der Waals surface area contributed by atoms with E-state index in [2.05, 4.69) is 26.1 Å². The molecule has 0 amide bonds. The number of ketones is 1. The molecule has 0 aromatic heterocycles. The Labute approximate surface area is 107 Å². The average Bonchev–Trinajstić information content (AvgIpc) is 2.12. The molecular formula is C14H30N2O. The van der Waals surface area contributed by atoms with Crippen molar-refractivity contribution >= 4 is 5.78 Å². The number of carbonyl (C=O) groups is 1. The van der Waals surface area contributed by atoms with Gasteiger partial charge in [-0.25, -0.2) is 0 Å². The molecule has 17 heavy (non-hydrogen) atoms. The maximum absolute atomic E-state index is 12.3. The van der Waals surface area contributed by atoms with Crippen molar-refractivity contribution in [3.63, 3.8) is 0 Å². The fourth-order valence-electron chi connectivity index (χ4n) is 2.64. The number of hydrogen-bond donors (Lipinski definition) is 2. The van der Waals surface area contributed by atoms with Gasteiger partial charge in [0.1, 0.15) is 0 Å². The van der Waals surface area contributed by atoms with Gasteiger partial charge in [0.25, 0.3) is 0 Å². The molecular weight excluding hydrogens is 212 g/mol. The third kappa shape index (κ3) is 4.40. The third-order valence-electron chi connectivity index (χ3n) is 3.70. The average molecular weight is 242 g/mol. The summed E-state index contributed by atoms with van der Waals surface area (Å²) in [5, 5.41) is 3.26. The van der Waals surface area contributed by atoms with E-state index in [9.17, 15) is 4.79 Å². The Morgan fingerprint density at radius 3 is 1.88 bits per heavy atom. The molecule has 0 bridgehead atoms. The Morgan fingerprint density at radius 1 is 1.18 bits per heavy atom. The van der Waals surface area contributed by atoms with Gasteiger partial charge in [0.05, 0.1) is 5.54 Å². The number of nitrogens with one attached hydrogen (secondary N) is 1. The van der Waals surface area contributed by atoms with Crippen molar-refractivity contribution in [2.45, 2.75) is 66.5 Å². The van der Waals surface area contributed by atoms with E-state index in [0.717, 1.165) is 6.42 Å². The molecule has 0 rings (SSSR count). The maximum Gasteiger partial charge on any atom is 0.157 e. The van der Waals surface area contributed by atoms with Crippen molar-refractivity contribution in [1.82, 2.24) is 5.32 Å². The normalized spacial score (nSPS) is 15.8. The van der Waals surface area contributed by atoms with E-state index < -0.39 is 11.0 Å². The van der Waals surface area contributed by atoms with Crippen molar-refractivity contribution < 1.29 is 4.79 Å². The summed E-state index contributed by atoms with van der Waals surface area (Å²) in [4.78, 5) is 12.3. The molecule has 3 nitrogen and oxygen atoms in total. The van der Waals surface area contributed by atoms with Gasteiger partial charge < -0.3 is 11.1 Å². The van der Waals surface area contributed by atoms with Gasteiger partial charge >= 0.3 is 0 Å². The van der Waals surface area contributed by atoms with Crippen LogP contribution in [0.3, 0.4) is 0 Å². The molecule has 0 heterocycles. The van der Waals surface area contributed by atoms with Gasteiger partial charge in [-0.15, -0.1) is 0 Å². The van der Waals surface area contributed by atoms with Gasteiger partial charge in [-0.3, -0.25) is 4.79 Å². The zero-order valence-corrected chi connectivity index (χ0v) is 12.8. The molecule has 0 fully saturated rings. The largest absolute Gasteiger partial charge is 0.319 e. The van der Waals surface area contributed by atoms with E-state index in [0.29, 0.717) is 6.04 Å². The molecule has 0 saturated heterocycles. The highest BCUT2D eigenvalue weighted by Gasteiger charge is 2.41. The summed E-state index contributed by atoms with van der Waals surface area (Å²) in [6.45, 7) is 14.1. The summed E-state index contributed by atoms with van der Waals surface area (Å²) in [7, 11) is 1.95. The second-order valence-corrected chi connectivity index (χ2v) is 7.11. The Kier molecular flexibility index (Phi) is 4.95. The first kappa shape index (κ1) is 16.6. The summed E-state index contributed by atoms with van der Waals surface area (Å²) in [5.41, 5.74) is 4.82. The van der Waals surface area contributed by atoms with Crippen LogP contribution in [0, 0.1) is 10.8 Å². The van der Waals surface area contributed by atoms with Crippen LogP contribution < -0.4 is 11.1 Å². The van der Waals surface area contributed by atoms with Gasteiger partial charge in [-0.2, -0.15) is 0 Å². The van der Waals surface area contributed by atoms with Gasteiger partial charge in [-0.1, -0.05) is 27.7 Å². The van der Waals surface area contributed by atoms with E-state index in [-0.39, 0.29) is 11.2 Å². The third-order valence-corrected chi connectivity index (χ3v) is 3.70. The summed E-state index contributed by atoms with van der Waals surface area (Å²) < 4.78 is 0. The van der Waals surface area contributed by atoms with Gasteiger partial charge in [0.2, 0.25) is 0 Å². The van der Waals surface area contributed by atoms with Crippen molar-refractivity contribution in [1.29, 1.82) is 0 Å². The lowest BCUT2D eigenvalue weighted by Gasteiger charge is -2.40. The Balaban J connectivity index is 4.94. The highest BCUT2D eigenvalue weighted by Crippen LogP contribution is 2.38. The highest BCUT2D eigenvalue weighted by atomic mass is 16.1. The van der Waals surface area contributed by atoms with Crippen LogP contribution in [-0.4, -0.2) is 24.4 Å². The lowest BCUT2D eigenvalue weighted by Crippen LogP contribution is -2.51. The lowest BCUT2D eigenvalue weighted by atomic mass is 9.67. The molecule has 0 saturated carbocycles. The van der Waals surface area contributed by atoms with E-state index in [1.54, 1.807) is 13.8 Å². The van der Waals surface area contributed by atoms with E-state index in [4.69, 9.17) is 5.73 Å². The quantitative estimate of drug-likeness (QED) is 0.751. The number of rotatable bonds is 6. The Hall–Kier alpha value is -0.410. The molecule has 0 aromatic carbocycles. The summed E-state index contributed by atoms with van der Waals surface area (Å²) in [6, 6.07) is 0.357. The molecule has 0 aliphatic carbocycles. The summed E-state index contributed by atoms with van der Waals surface area (Å²) in [5.74, 6) is 0.126. The molecule has 0 aliphatic heterocycles. The van der Waals surface area contributed by atoms with Crippen molar-refractivity contribution in [2.75, 3.05) is 7.05 Å². The molecule has 1 unspecified atom stereocenters. The molecule has 0 radical (unpaired) electrons. The standard InChI is InChI=1S/C14H30N2O/c1-10(16-8)12(2,3)9-13(4,5)11(17)14(6,7)15/h10,16H,9,15H2,1-8H3. The first-order valence-electron chi connectivity index (χ1n) is 6.35. The lowest BCUT2D eigenvalue weighted by molar-refractivity contribution is -0.133. The SMILES string of the molecule is CNC(C)C(C)(C)CC(C)(C)C(=O)C(C)(C)N. The van der Waals surface area contributed by atoms with Crippen LogP contribution in [0.1, 0.15) is 54.9 Å². The molecule has 0 aromatic rings. The smallest absolute Gasteiger partial charge is 0.157 e. The second kappa shape index (κ2) is 5.07. The van der Waals surface area contributed by atoms with Crippen LogP contribution in [0.2, 0.25) is 0 Å². The summed E-state index contributed by atoms with van der Waals surface area (Å²) in [6.07, 6.45) is 0.821. The van der Waals surface area contributed by atoms with E-state index in [1.165, 1.54) is 0 Å². The molecule has 3 heteroatoms. The number of hydrogen-bond acceptors (Lipinski definition) is 3. The molecule has 0 aliphatic rings. The number of Topliss-reactive ketones (excluding diaryl/α,β-unsaturated/α-hetero) is 1. The Bertz CT molecular complexity index is 274. The topological polar surface area (TPSA) is 55.1 Å². The first-order valence-corrected chi connectivity index (χ1v) is 6.35. The second-order valence-electron chi connectivity index (χ2n) is 7.11. The minimum Gasteiger partial charge on any atom is -0.319 e. The predicted octanol–water partition coefficient (Wildman–Crippen LogP) is 2.34. The monoisotopic (exact) mass is 242 g/mol. The zero-order chi connectivity index (χ0) is 14.1. The van der Waals surface area contributed by atoms with Crippen LogP contribution in [-0.2, 0) is 4.79 Å². The zero-order valence-electron chi connectivity index (χ0n) is 12.8. The van der Waals surface area contributed by atoms with Gasteiger partial charge in [0, 0.05) is 11.5 Å². The van der Waals surface area contributed by atoms with E-state index in [1.807, 2.05) is 20.9 Å². The maximum atomic E-state index is 12.3. The van der Waals surface area contributed by atoms with Crippen LogP contribution in [0.5, 0.6) is 0 Å². The van der Waals surface area contributed by atoms with Crippen molar-refractivity contribution in [3.05, 3.63) is 0 Å². The van der Waals surface area contributed by atoms with Crippen LogP contribution >= 0.6 is 0 Å². The Morgan fingerprint density at radius 2 is 1.59 bits per heavy atom. The van der Waals surface area contributed by atoms with Crippen LogP contribution in [0.15, 0.2) is 0 Å². The molecule has 3 N–H and O–H groups in total. The van der Waals surface area contributed by atoms with Gasteiger partial charge in [-0.05, 0) is 39.7 Å².